The van der Waals surface area contributed by atoms with Gasteiger partial charge in [0.05, 0.1) is 5.60 Å². The Bertz CT molecular complexity index is 352. The smallest absolute Gasteiger partial charge is 0.0743 e. The van der Waals surface area contributed by atoms with Gasteiger partial charge in [-0.05, 0) is 38.0 Å². The first-order valence-corrected chi connectivity index (χ1v) is 6.53. The molecule has 2 unspecified atom stereocenters. The Hall–Kier alpha value is -0.570. The summed E-state index contributed by atoms with van der Waals surface area (Å²) < 4.78 is 0. The monoisotopic (exact) mass is 255 g/mol. The van der Waals surface area contributed by atoms with Gasteiger partial charge in [0, 0.05) is 17.6 Å². The van der Waals surface area contributed by atoms with Crippen LogP contribution in [0, 0.1) is 0 Å². The van der Waals surface area contributed by atoms with Gasteiger partial charge in [0.25, 0.3) is 0 Å². The Morgan fingerprint density at radius 1 is 1.47 bits per heavy atom. The molecule has 1 aromatic rings. The van der Waals surface area contributed by atoms with Crippen LogP contribution in [0.5, 0.6) is 0 Å². The second-order valence-corrected chi connectivity index (χ2v) is 5.34. The number of halogens is 1. The van der Waals surface area contributed by atoms with E-state index in [2.05, 4.69) is 19.2 Å². The number of benzene rings is 1. The summed E-state index contributed by atoms with van der Waals surface area (Å²) in [5.74, 6) is 0. The van der Waals surface area contributed by atoms with Gasteiger partial charge >= 0.3 is 0 Å². The van der Waals surface area contributed by atoms with Gasteiger partial charge in [-0.15, -0.1) is 0 Å². The van der Waals surface area contributed by atoms with Crippen molar-refractivity contribution < 1.29 is 5.11 Å². The van der Waals surface area contributed by atoms with Gasteiger partial charge in [0.15, 0.2) is 0 Å². The molecule has 1 aromatic carbocycles. The van der Waals surface area contributed by atoms with Crippen LogP contribution in [0.3, 0.4) is 0 Å². The Morgan fingerprint density at radius 2 is 2.18 bits per heavy atom. The van der Waals surface area contributed by atoms with E-state index in [1.807, 2.05) is 31.2 Å². The summed E-state index contributed by atoms with van der Waals surface area (Å²) in [5, 5.41) is 14.2. The van der Waals surface area contributed by atoms with Crippen molar-refractivity contribution >= 4 is 11.6 Å². The standard InChI is InChI=1S/C14H22ClNO/c1-4-8-14(3,17)10-16-11(2)12-6-5-7-13(15)9-12/h5-7,9,11,16-17H,4,8,10H2,1-3H3. The molecule has 0 bridgehead atoms. The SMILES string of the molecule is CCCC(C)(O)CNC(C)c1cccc(Cl)c1. The van der Waals surface area contributed by atoms with E-state index < -0.39 is 5.60 Å². The van der Waals surface area contributed by atoms with Crippen LogP contribution >= 0.6 is 11.6 Å². The molecule has 3 heteroatoms. The minimum atomic E-state index is -0.637. The molecule has 0 amide bonds. The maximum absolute atomic E-state index is 10.1. The summed E-state index contributed by atoms with van der Waals surface area (Å²) in [6.45, 7) is 6.62. The molecule has 0 aromatic heterocycles. The van der Waals surface area contributed by atoms with E-state index in [1.165, 1.54) is 0 Å². The van der Waals surface area contributed by atoms with E-state index in [9.17, 15) is 5.11 Å². The number of hydrogen-bond acceptors (Lipinski definition) is 2. The van der Waals surface area contributed by atoms with Gasteiger partial charge in [0.1, 0.15) is 0 Å². The fourth-order valence-electron chi connectivity index (χ4n) is 1.89. The highest BCUT2D eigenvalue weighted by Crippen LogP contribution is 2.18. The van der Waals surface area contributed by atoms with Gasteiger partial charge in [-0.2, -0.15) is 0 Å². The van der Waals surface area contributed by atoms with Gasteiger partial charge < -0.3 is 10.4 Å². The first kappa shape index (κ1) is 14.5. The Morgan fingerprint density at radius 3 is 2.76 bits per heavy atom. The molecule has 0 saturated heterocycles. The third-order valence-electron chi connectivity index (χ3n) is 2.93. The fourth-order valence-corrected chi connectivity index (χ4v) is 2.09. The predicted octanol–water partition coefficient (Wildman–Crippen LogP) is 3.54. The Balaban J connectivity index is 2.52. The topological polar surface area (TPSA) is 32.3 Å². The molecule has 0 saturated carbocycles. The summed E-state index contributed by atoms with van der Waals surface area (Å²) in [5.41, 5.74) is 0.506. The lowest BCUT2D eigenvalue weighted by Crippen LogP contribution is -2.38. The maximum Gasteiger partial charge on any atom is 0.0743 e. The second kappa shape index (κ2) is 6.39. The molecule has 0 aliphatic heterocycles. The summed E-state index contributed by atoms with van der Waals surface area (Å²) >= 11 is 5.95. The van der Waals surface area contributed by atoms with E-state index in [0.29, 0.717) is 6.54 Å². The van der Waals surface area contributed by atoms with Crippen LogP contribution in [0.4, 0.5) is 0 Å². The van der Waals surface area contributed by atoms with Crippen molar-refractivity contribution in [3.05, 3.63) is 34.9 Å². The van der Waals surface area contributed by atoms with Crippen LogP contribution in [0.25, 0.3) is 0 Å². The van der Waals surface area contributed by atoms with Crippen LogP contribution in [0.1, 0.15) is 45.2 Å². The first-order valence-electron chi connectivity index (χ1n) is 6.16. The minimum Gasteiger partial charge on any atom is -0.389 e. The quantitative estimate of drug-likeness (QED) is 0.815. The first-order chi connectivity index (χ1) is 7.94. The highest BCUT2D eigenvalue weighted by molar-refractivity contribution is 6.30. The third kappa shape index (κ3) is 5.07. The van der Waals surface area contributed by atoms with Crippen molar-refractivity contribution in [1.82, 2.24) is 5.32 Å². The van der Waals surface area contributed by atoms with Gasteiger partial charge in [-0.1, -0.05) is 37.1 Å². The molecular formula is C14H22ClNO. The molecule has 0 fully saturated rings. The van der Waals surface area contributed by atoms with E-state index in [1.54, 1.807) is 0 Å². The molecule has 0 heterocycles. The summed E-state index contributed by atoms with van der Waals surface area (Å²) in [7, 11) is 0. The molecule has 0 aliphatic rings. The van der Waals surface area contributed by atoms with E-state index in [4.69, 9.17) is 11.6 Å². The predicted molar refractivity (Wildman–Crippen MR) is 73.4 cm³/mol. The molecule has 0 aliphatic carbocycles. The molecule has 0 spiro atoms. The second-order valence-electron chi connectivity index (χ2n) is 4.90. The average Bonchev–Trinajstić information content (AvgIpc) is 2.26. The van der Waals surface area contributed by atoms with E-state index in [0.717, 1.165) is 23.4 Å². The molecular weight excluding hydrogens is 234 g/mol. The Labute approximate surface area is 109 Å². The zero-order valence-electron chi connectivity index (χ0n) is 10.8. The van der Waals surface area contributed by atoms with Crippen LogP contribution in [-0.4, -0.2) is 17.3 Å². The molecule has 96 valence electrons. The van der Waals surface area contributed by atoms with Gasteiger partial charge in [0.2, 0.25) is 0 Å². The van der Waals surface area contributed by atoms with Crippen LogP contribution in [0.2, 0.25) is 5.02 Å². The summed E-state index contributed by atoms with van der Waals surface area (Å²) in [6.07, 6.45) is 1.79. The third-order valence-corrected chi connectivity index (χ3v) is 3.16. The average molecular weight is 256 g/mol. The van der Waals surface area contributed by atoms with E-state index >= 15 is 0 Å². The number of rotatable bonds is 6. The maximum atomic E-state index is 10.1. The summed E-state index contributed by atoms with van der Waals surface area (Å²) in [4.78, 5) is 0. The number of nitrogens with one attached hydrogen (secondary N) is 1. The van der Waals surface area contributed by atoms with Crippen molar-refractivity contribution in [1.29, 1.82) is 0 Å². The van der Waals surface area contributed by atoms with Crippen LogP contribution < -0.4 is 5.32 Å². The molecule has 2 N–H and O–H groups in total. The minimum absolute atomic E-state index is 0.192. The summed E-state index contributed by atoms with van der Waals surface area (Å²) in [6, 6.07) is 7.99. The largest absolute Gasteiger partial charge is 0.389 e. The molecule has 17 heavy (non-hydrogen) atoms. The molecule has 2 nitrogen and oxygen atoms in total. The van der Waals surface area contributed by atoms with Crippen molar-refractivity contribution in [2.75, 3.05) is 6.54 Å². The van der Waals surface area contributed by atoms with Gasteiger partial charge in [-0.25, -0.2) is 0 Å². The molecule has 0 radical (unpaired) electrons. The van der Waals surface area contributed by atoms with E-state index in [-0.39, 0.29) is 6.04 Å². The highest BCUT2D eigenvalue weighted by Gasteiger charge is 2.19. The van der Waals surface area contributed by atoms with Gasteiger partial charge in [-0.3, -0.25) is 0 Å². The van der Waals surface area contributed by atoms with Crippen LogP contribution in [-0.2, 0) is 0 Å². The number of aliphatic hydroxyl groups is 1. The van der Waals surface area contributed by atoms with Crippen molar-refractivity contribution in [2.24, 2.45) is 0 Å². The van der Waals surface area contributed by atoms with Crippen LogP contribution in [0.15, 0.2) is 24.3 Å². The Kier molecular flexibility index (Phi) is 5.44. The zero-order valence-corrected chi connectivity index (χ0v) is 11.6. The lowest BCUT2D eigenvalue weighted by Gasteiger charge is -2.25. The lowest BCUT2D eigenvalue weighted by atomic mass is 9.99. The van der Waals surface area contributed by atoms with Crippen molar-refractivity contribution in [3.63, 3.8) is 0 Å². The molecule has 1 rings (SSSR count). The molecule has 2 atom stereocenters. The number of hydrogen-bond donors (Lipinski definition) is 2. The van der Waals surface area contributed by atoms with Crippen molar-refractivity contribution in [2.45, 2.75) is 45.3 Å². The normalized spacial score (nSPS) is 16.5. The lowest BCUT2D eigenvalue weighted by molar-refractivity contribution is 0.0477. The van der Waals surface area contributed by atoms with Crippen molar-refractivity contribution in [3.8, 4) is 0 Å². The fraction of sp³-hybridized carbons (Fsp3) is 0.571. The zero-order chi connectivity index (χ0) is 12.9. The highest BCUT2D eigenvalue weighted by atomic mass is 35.5.